The molecule has 1 saturated heterocycles. The van der Waals surface area contributed by atoms with Crippen molar-refractivity contribution >= 4 is 52.2 Å². The van der Waals surface area contributed by atoms with E-state index in [1.165, 1.54) is 6.08 Å². The van der Waals surface area contributed by atoms with Crippen molar-refractivity contribution in [1.82, 2.24) is 5.32 Å². The quantitative estimate of drug-likeness (QED) is 0.129. The maximum absolute atomic E-state index is 13.4. The first-order chi connectivity index (χ1) is 18.7. The van der Waals surface area contributed by atoms with Gasteiger partial charge in [-0.2, -0.15) is 0 Å². The Kier molecular flexibility index (Phi) is 8.86. The van der Waals surface area contributed by atoms with E-state index in [-0.39, 0.29) is 5.57 Å². The van der Waals surface area contributed by atoms with Crippen molar-refractivity contribution in [3.8, 4) is 11.5 Å². The van der Waals surface area contributed by atoms with Gasteiger partial charge in [-0.1, -0.05) is 24.3 Å². The van der Waals surface area contributed by atoms with Gasteiger partial charge in [-0.05, 0) is 115 Å². The third kappa shape index (κ3) is 6.39. The summed E-state index contributed by atoms with van der Waals surface area (Å²) in [5, 5.41) is 2.28. The van der Waals surface area contributed by atoms with E-state index < -0.39 is 17.8 Å². The largest absolute Gasteiger partial charge is 0.490 e. The van der Waals surface area contributed by atoms with Crippen LogP contribution in [0.25, 0.3) is 6.08 Å². The number of rotatable bonds is 9. The van der Waals surface area contributed by atoms with E-state index in [1.54, 1.807) is 24.3 Å². The molecule has 4 amide bonds. The van der Waals surface area contributed by atoms with Crippen molar-refractivity contribution in [2.24, 2.45) is 0 Å². The van der Waals surface area contributed by atoms with E-state index in [0.717, 1.165) is 30.7 Å². The fourth-order valence-electron chi connectivity index (χ4n) is 4.16. The van der Waals surface area contributed by atoms with E-state index >= 15 is 0 Å². The number of nitrogens with one attached hydrogen (secondary N) is 1. The van der Waals surface area contributed by atoms with Crippen LogP contribution in [0, 0.1) is 17.4 Å². The summed E-state index contributed by atoms with van der Waals surface area (Å²) >= 11 is 2.25. The zero-order valence-corrected chi connectivity index (χ0v) is 24.2. The molecule has 0 radical (unpaired) electrons. The maximum Gasteiger partial charge on any atom is 0.335 e. The lowest BCUT2D eigenvalue weighted by molar-refractivity contribution is -0.122. The fraction of sp³-hybridized carbons (Fsp3) is 0.194. The van der Waals surface area contributed by atoms with Crippen LogP contribution in [0.5, 0.6) is 11.5 Å². The number of hydrogen-bond acceptors (Lipinski definition) is 5. The first kappa shape index (κ1) is 28.1. The Balaban J connectivity index is 1.72. The van der Waals surface area contributed by atoms with E-state index in [2.05, 4.69) is 34.5 Å². The van der Waals surface area contributed by atoms with E-state index in [1.807, 2.05) is 57.2 Å². The molecule has 0 aromatic heterocycles. The molecule has 200 valence electrons. The highest BCUT2D eigenvalue weighted by molar-refractivity contribution is 14.1. The summed E-state index contributed by atoms with van der Waals surface area (Å²) in [6.45, 7) is 10.3. The molecule has 1 heterocycles. The number of anilines is 1. The molecular formula is C31H29IN2O5. The Bertz CT molecular complexity index is 1480. The Hall–Kier alpha value is -3.92. The summed E-state index contributed by atoms with van der Waals surface area (Å²) in [5.41, 5.74) is 4.54. The number of barbiturate groups is 1. The van der Waals surface area contributed by atoms with Crippen LogP contribution >= 0.6 is 22.6 Å². The van der Waals surface area contributed by atoms with Crippen molar-refractivity contribution in [1.29, 1.82) is 0 Å². The molecular weight excluding hydrogens is 607 g/mol. The van der Waals surface area contributed by atoms with Gasteiger partial charge in [0.05, 0.1) is 12.3 Å². The minimum absolute atomic E-state index is 0.160. The molecule has 1 aliphatic rings. The van der Waals surface area contributed by atoms with Crippen LogP contribution in [0.1, 0.15) is 34.7 Å². The van der Waals surface area contributed by atoms with Crippen LogP contribution in [0.2, 0.25) is 0 Å². The number of halogens is 1. The zero-order chi connectivity index (χ0) is 28.1. The predicted octanol–water partition coefficient (Wildman–Crippen LogP) is 6.28. The van der Waals surface area contributed by atoms with Gasteiger partial charge < -0.3 is 9.47 Å². The third-order valence-electron chi connectivity index (χ3n) is 6.28. The van der Waals surface area contributed by atoms with Gasteiger partial charge in [0.1, 0.15) is 12.2 Å². The second-order valence-corrected chi connectivity index (χ2v) is 10.3. The van der Waals surface area contributed by atoms with Gasteiger partial charge in [0.25, 0.3) is 11.8 Å². The molecule has 4 rings (SSSR count). The Morgan fingerprint density at radius 2 is 1.72 bits per heavy atom. The molecule has 0 saturated carbocycles. The van der Waals surface area contributed by atoms with Crippen molar-refractivity contribution in [2.75, 3.05) is 11.5 Å². The molecule has 0 aliphatic carbocycles. The minimum atomic E-state index is -0.785. The highest BCUT2D eigenvalue weighted by atomic mass is 127. The molecule has 0 spiro atoms. The topological polar surface area (TPSA) is 84.9 Å². The molecule has 39 heavy (non-hydrogen) atoms. The molecule has 7 nitrogen and oxygen atoms in total. The number of allylic oxidation sites excluding steroid dienone is 1. The van der Waals surface area contributed by atoms with Gasteiger partial charge in [-0.3, -0.25) is 14.9 Å². The van der Waals surface area contributed by atoms with Crippen LogP contribution in [0.3, 0.4) is 0 Å². The maximum atomic E-state index is 13.4. The van der Waals surface area contributed by atoms with E-state index in [4.69, 9.17) is 9.47 Å². The molecule has 8 heteroatoms. The van der Waals surface area contributed by atoms with Gasteiger partial charge in [-0.25, -0.2) is 9.69 Å². The first-order valence-corrected chi connectivity index (χ1v) is 13.6. The number of benzene rings is 3. The van der Waals surface area contributed by atoms with Gasteiger partial charge in [0.2, 0.25) is 0 Å². The number of hydrogen-bond donors (Lipinski definition) is 1. The molecule has 3 aromatic rings. The van der Waals surface area contributed by atoms with Crippen LogP contribution in [-0.2, 0) is 22.6 Å². The summed E-state index contributed by atoms with van der Waals surface area (Å²) in [7, 11) is 0. The number of carbonyl (C=O) groups is 3. The highest BCUT2D eigenvalue weighted by Crippen LogP contribution is 2.36. The van der Waals surface area contributed by atoms with Crippen LogP contribution in [-0.4, -0.2) is 24.5 Å². The Labute approximate surface area is 241 Å². The summed E-state index contributed by atoms with van der Waals surface area (Å²) in [5.74, 6) is -0.398. The number of amides is 4. The fourth-order valence-corrected chi connectivity index (χ4v) is 4.52. The number of nitrogens with zero attached hydrogens (tertiary/aromatic N) is 1. The van der Waals surface area contributed by atoms with Crippen molar-refractivity contribution < 1.29 is 23.9 Å². The predicted molar refractivity (Wildman–Crippen MR) is 160 cm³/mol. The normalized spacial score (nSPS) is 14.4. The molecule has 0 unspecified atom stereocenters. The monoisotopic (exact) mass is 636 g/mol. The average molecular weight is 636 g/mol. The van der Waals surface area contributed by atoms with Crippen LogP contribution in [0.4, 0.5) is 10.5 Å². The highest BCUT2D eigenvalue weighted by Gasteiger charge is 2.37. The minimum Gasteiger partial charge on any atom is -0.490 e. The molecule has 1 fully saturated rings. The number of carbonyl (C=O) groups excluding carboxylic acids is 3. The average Bonchev–Trinajstić information content (AvgIpc) is 2.89. The Morgan fingerprint density at radius 1 is 0.974 bits per heavy atom. The van der Waals surface area contributed by atoms with Gasteiger partial charge >= 0.3 is 6.03 Å². The number of ether oxygens (including phenoxy) is 2. The summed E-state index contributed by atoms with van der Waals surface area (Å²) in [4.78, 5) is 39.8. The van der Waals surface area contributed by atoms with Crippen molar-refractivity contribution in [2.45, 2.75) is 33.8 Å². The van der Waals surface area contributed by atoms with E-state index in [0.29, 0.717) is 42.4 Å². The lowest BCUT2D eigenvalue weighted by atomic mass is 10.0. The van der Waals surface area contributed by atoms with Crippen molar-refractivity contribution in [3.63, 3.8) is 0 Å². The van der Waals surface area contributed by atoms with Gasteiger partial charge in [-0.15, -0.1) is 6.58 Å². The molecule has 0 bridgehead atoms. The van der Waals surface area contributed by atoms with Crippen LogP contribution in [0.15, 0.2) is 72.8 Å². The summed E-state index contributed by atoms with van der Waals surface area (Å²) < 4.78 is 13.2. The second kappa shape index (κ2) is 12.3. The molecule has 0 atom stereocenters. The standard InChI is InChI=1S/C31H29IN2O5/c1-5-7-23-15-22(17-27(38-6-2)28(23)39-18-21-9-11-24(32)12-10-21)16-26-29(35)33-31(37)34(30(26)36)25-13-8-19(3)20(4)14-25/h5,8-17H,1,6-7,18H2,2-4H3,(H,33,35,37)/b26-16+. The van der Waals surface area contributed by atoms with Gasteiger partial charge in [0, 0.05) is 9.13 Å². The lowest BCUT2D eigenvalue weighted by Crippen LogP contribution is -2.54. The van der Waals surface area contributed by atoms with Crippen molar-refractivity contribution in [3.05, 3.63) is 104 Å². The zero-order valence-electron chi connectivity index (χ0n) is 22.0. The lowest BCUT2D eigenvalue weighted by Gasteiger charge is -2.27. The SMILES string of the molecule is C=CCc1cc(/C=C2\C(=O)NC(=O)N(c3ccc(C)c(C)c3)C2=O)cc(OCC)c1OCc1ccc(I)cc1. The second-order valence-electron chi connectivity index (χ2n) is 9.07. The summed E-state index contributed by atoms with van der Waals surface area (Å²) in [6.07, 6.45) is 3.70. The third-order valence-corrected chi connectivity index (χ3v) is 7.00. The molecule has 3 aromatic carbocycles. The number of imide groups is 2. The molecule has 1 aliphatic heterocycles. The number of aryl methyl sites for hydroxylation is 2. The Morgan fingerprint density at radius 3 is 2.38 bits per heavy atom. The van der Waals surface area contributed by atoms with E-state index in [9.17, 15) is 14.4 Å². The smallest absolute Gasteiger partial charge is 0.335 e. The molecule has 1 N–H and O–H groups in total. The van der Waals surface area contributed by atoms with Gasteiger partial charge in [0.15, 0.2) is 11.5 Å². The number of urea groups is 1. The summed E-state index contributed by atoms with van der Waals surface area (Å²) in [6, 6.07) is 16.1. The first-order valence-electron chi connectivity index (χ1n) is 12.5. The van der Waals surface area contributed by atoms with Crippen LogP contribution < -0.4 is 19.7 Å².